The van der Waals surface area contributed by atoms with Crippen molar-refractivity contribution in [3.63, 3.8) is 0 Å². The highest BCUT2D eigenvalue weighted by molar-refractivity contribution is 5.78. The summed E-state index contributed by atoms with van der Waals surface area (Å²) in [7, 11) is 0. The fourth-order valence-electron chi connectivity index (χ4n) is 4.04. The third-order valence-electron chi connectivity index (χ3n) is 5.46. The molecule has 2 amide bonds. The molecular formula is C24H38FN3O2. The zero-order chi connectivity index (χ0) is 22.1. The Bertz CT molecular complexity index is 685. The normalized spacial score (nSPS) is 18.6. The lowest BCUT2D eigenvalue weighted by Crippen LogP contribution is -2.46. The number of halogens is 1. The smallest absolute Gasteiger partial charge is 0.234 e. The van der Waals surface area contributed by atoms with Crippen LogP contribution < -0.4 is 10.6 Å². The van der Waals surface area contributed by atoms with Crippen molar-refractivity contribution in [1.82, 2.24) is 15.5 Å². The Morgan fingerprint density at radius 1 is 1.20 bits per heavy atom. The number of carbonyl (C=O) groups is 2. The average molecular weight is 420 g/mol. The van der Waals surface area contributed by atoms with Crippen LogP contribution in [0.4, 0.5) is 4.39 Å². The second-order valence-corrected chi connectivity index (χ2v) is 9.73. The maximum absolute atomic E-state index is 13.3. The summed E-state index contributed by atoms with van der Waals surface area (Å²) in [5, 5.41) is 6.18. The van der Waals surface area contributed by atoms with Gasteiger partial charge < -0.3 is 10.6 Å². The molecule has 0 radical (unpaired) electrons. The maximum Gasteiger partial charge on any atom is 0.234 e. The first-order chi connectivity index (χ1) is 14.2. The first kappa shape index (κ1) is 24.3. The Hall–Kier alpha value is -1.95. The molecule has 1 saturated heterocycles. The summed E-state index contributed by atoms with van der Waals surface area (Å²) in [4.78, 5) is 26.7. The van der Waals surface area contributed by atoms with E-state index in [4.69, 9.17) is 0 Å². The van der Waals surface area contributed by atoms with Gasteiger partial charge in [-0.3, -0.25) is 14.5 Å². The van der Waals surface area contributed by atoms with E-state index in [2.05, 4.69) is 36.3 Å². The van der Waals surface area contributed by atoms with Crippen molar-refractivity contribution in [2.75, 3.05) is 26.2 Å². The van der Waals surface area contributed by atoms with Gasteiger partial charge in [0.25, 0.3) is 0 Å². The van der Waals surface area contributed by atoms with Gasteiger partial charge in [-0.2, -0.15) is 0 Å². The topological polar surface area (TPSA) is 61.4 Å². The molecule has 0 saturated carbocycles. The largest absolute Gasteiger partial charge is 0.356 e. The van der Waals surface area contributed by atoms with Crippen molar-refractivity contribution in [2.45, 2.75) is 65.8 Å². The number of rotatable bonds is 9. The molecule has 1 aromatic rings. The van der Waals surface area contributed by atoms with Gasteiger partial charge in [0.05, 0.1) is 12.6 Å². The van der Waals surface area contributed by atoms with Gasteiger partial charge >= 0.3 is 0 Å². The summed E-state index contributed by atoms with van der Waals surface area (Å²) < 4.78 is 13.3. The van der Waals surface area contributed by atoms with E-state index in [9.17, 15) is 14.0 Å². The minimum Gasteiger partial charge on any atom is -0.356 e. The lowest BCUT2D eigenvalue weighted by molar-refractivity contribution is -0.124. The number of hydrogen-bond donors (Lipinski definition) is 2. The SMILES string of the molecule is CCCC(=O)NCC1CCCN(CC(=O)NC(CC(C)(C)C)c2ccc(F)cc2)C1. The maximum atomic E-state index is 13.3. The zero-order valence-corrected chi connectivity index (χ0v) is 19.0. The molecular weight excluding hydrogens is 381 g/mol. The number of hydrogen-bond acceptors (Lipinski definition) is 3. The number of benzene rings is 1. The molecule has 2 atom stereocenters. The van der Waals surface area contributed by atoms with Gasteiger partial charge in [0.1, 0.15) is 5.82 Å². The van der Waals surface area contributed by atoms with Crippen molar-refractivity contribution in [2.24, 2.45) is 11.3 Å². The first-order valence-corrected chi connectivity index (χ1v) is 11.2. The van der Waals surface area contributed by atoms with E-state index < -0.39 is 0 Å². The Kier molecular flexibility index (Phi) is 9.28. The van der Waals surface area contributed by atoms with Crippen LogP contribution in [0.15, 0.2) is 24.3 Å². The van der Waals surface area contributed by atoms with Crippen LogP contribution >= 0.6 is 0 Å². The Labute approximate surface area is 180 Å². The molecule has 0 aromatic heterocycles. The van der Waals surface area contributed by atoms with E-state index in [1.54, 1.807) is 12.1 Å². The lowest BCUT2D eigenvalue weighted by atomic mass is 9.85. The molecule has 0 bridgehead atoms. The van der Waals surface area contributed by atoms with E-state index in [1.165, 1.54) is 12.1 Å². The lowest BCUT2D eigenvalue weighted by Gasteiger charge is -2.33. The van der Waals surface area contributed by atoms with Crippen LogP contribution in [0.5, 0.6) is 0 Å². The molecule has 30 heavy (non-hydrogen) atoms. The summed E-state index contributed by atoms with van der Waals surface area (Å²) in [5.41, 5.74) is 0.953. The van der Waals surface area contributed by atoms with Crippen LogP contribution in [-0.2, 0) is 9.59 Å². The standard InChI is InChI=1S/C24H38FN3O2/c1-5-7-22(29)26-15-18-8-6-13-28(16-18)17-23(30)27-21(14-24(2,3)4)19-9-11-20(25)12-10-19/h9-12,18,21H,5-8,13-17H2,1-4H3,(H,26,29)(H,27,30). The van der Waals surface area contributed by atoms with Crippen molar-refractivity contribution < 1.29 is 14.0 Å². The molecule has 6 heteroatoms. The fourth-order valence-corrected chi connectivity index (χ4v) is 4.04. The number of piperidine rings is 1. The summed E-state index contributed by atoms with van der Waals surface area (Å²) >= 11 is 0. The predicted octanol–water partition coefficient (Wildman–Crippen LogP) is 4.05. The zero-order valence-electron chi connectivity index (χ0n) is 19.0. The van der Waals surface area contributed by atoms with E-state index in [-0.39, 0.29) is 29.1 Å². The summed E-state index contributed by atoms with van der Waals surface area (Å²) in [6, 6.07) is 6.24. The summed E-state index contributed by atoms with van der Waals surface area (Å²) in [5.74, 6) is 0.209. The van der Waals surface area contributed by atoms with Gasteiger partial charge in [-0.05, 0) is 61.3 Å². The van der Waals surface area contributed by atoms with Gasteiger partial charge in [0.2, 0.25) is 11.8 Å². The molecule has 0 aliphatic carbocycles. The molecule has 1 aromatic carbocycles. The highest BCUT2D eigenvalue weighted by Gasteiger charge is 2.25. The van der Waals surface area contributed by atoms with E-state index in [0.29, 0.717) is 25.4 Å². The molecule has 1 aliphatic heterocycles. The van der Waals surface area contributed by atoms with Crippen molar-refractivity contribution in [3.05, 3.63) is 35.6 Å². The van der Waals surface area contributed by atoms with Crippen LogP contribution in [0.25, 0.3) is 0 Å². The minimum atomic E-state index is -0.273. The number of nitrogens with zero attached hydrogens (tertiary/aromatic N) is 1. The van der Waals surface area contributed by atoms with Gasteiger partial charge in [0, 0.05) is 19.5 Å². The first-order valence-electron chi connectivity index (χ1n) is 11.2. The van der Waals surface area contributed by atoms with Crippen LogP contribution in [0.3, 0.4) is 0 Å². The Balaban J connectivity index is 1.90. The van der Waals surface area contributed by atoms with Gasteiger partial charge in [-0.1, -0.05) is 39.8 Å². The quantitative estimate of drug-likeness (QED) is 0.635. The highest BCUT2D eigenvalue weighted by Crippen LogP contribution is 2.29. The van der Waals surface area contributed by atoms with Crippen LogP contribution in [0.1, 0.15) is 71.4 Å². The Morgan fingerprint density at radius 2 is 1.90 bits per heavy atom. The van der Waals surface area contributed by atoms with Crippen LogP contribution in [0, 0.1) is 17.2 Å². The fraction of sp³-hybridized carbons (Fsp3) is 0.667. The minimum absolute atomic E-state index is 0.00996. The van der Waals surface area contributed by atoms with Gasteiger partial charge in [-0.15, -0.1) is 0 Å². The second-order valence-electron chi connectivity index (χ2n) is 9.73. The molecule has 2 rings (SSSR count). The van der Waals surface area contributed by atoms with Gasteiger partial charge in [0.15, 0.2) is 0 Å². The molecule has 168 valence electrons. The molecule has 5 nitrogen and oxygen atoms in total. The van der Waals surface area contributed by atoms with Crippen molar-refractivity contribution >= 4 is 11.8 Å². The number of carbonyl (C=O) groups excluding carboxylic acids is 2. The van der Waals surface area contributed by atoms with E-state index in [1.807, 2.05) is 6.92 Å². The molecule has 1 aliphatic rings. The highest BCUT2D eigenvalue weighted by atomic mass is 19.1. The predicted molar refractivity (Wildman–Crippen MR) is 118 cm³/mol. The third kappa shape index (κ3) is 8.82. The van der Waals surface area contributed by atoms with Crippen molar-refractivity contribution in [1.29, 1.82) is 0 Å². The average Bonchev–Trinajstić information content (AvgIpc) is 2.66. The molecule has 2 unspecified atom stereocenters. The number of likely N-dealkylation sites (tertiary alicyclic amines) is 1. The van der Waals surface area contributed by atoms with Crippen LogP contribution in [0.2, 0.25) is 0 Å². The molecule has 1 fully saturated rings. The summed E-state index contributed by atoms with van der Waals surface area (Å²) in [6.07, 6.45) is 4.30. The Morgan fingerprint density at radius 3 is 2.53 bits per heavy atom. The number of nitrogens with one attached hydrogen (secondary N) is 2. The molecule has 2 N–H and O–H groups in total. The number of amides is 2. The van der Waals surface area contributed by atoms with Gasteiger partial charge in [-0.25, -0.2) is 4.39 Å². The summed E-state index contributed by atoms with van der Waals surface area (Å²) in [6.45, 7) is 11.2. The molecule has 0 spiro atoms. The second kappa shape index (κ2) is 11.4. The third-order valence-corrected chi connectivity index (χ3v) is 5.46. The van der Waals surface area contributed by atoms with Crippen molar-refractivity contribution in [3.8, 4) is 0 Å². The molecule has 1 heterocycles. The van der Waals surface area contributed by atoms with E-state index >= 15 is 0 Å². The van der Waals surface area contributed by atoms with E-state index in [0.717, 1.165) is 44.3 Å². The monoisotopic (exact) mass is 419 g/mol. The van der Waals surface area contributed by atoms with Crippen LogP contribution in [-0.4, -0.2) is 42.9 Å².